The molecule has 0 saturated heterocycles. The van der Waals surface area contributed by atoms with E-state index in [1.54, 1.807) is 48.5 Å². The molecule has 28 heavy (non-hydrogen) atoms. The first kappa shape index (κ1) is 19.1. The van der Waals surface area contributed by atoms with Crippen LogP contribution in [-0.2, 0) is 0 Å². The predicted molar refractivity (Wildman–Crippen MR) is 106 cm³/mol. The summed E-state index contributed by atoms with van der Waals surface area (Å²) in [7, 11) is 0. The SMILES string of the molecule is CCOc1cccc(C(=O)Nc2cccc(C(=O)Nc3ccc(F)cc3)c2)c1. The van der Waals surface area contributed by atoms with Gasteiger partial charge in [0, 0.05) is 22.5 Å². The van der Waals surface area contributed by atoms with E-state index in [0.717, 1.165) is 0 Å². The highest BCUT2D eigenvalue weighted by atomic mass is 19.1. The molecule has 0 radical (unpaired) electrons. The number of amides is 2. The van der Waals surface area contributed by atoms with Crippen LogP contribution < -0.4 is 15.4 Å². The Kier molecular flexibility index (Phi) is 6.01. The average molecular weight is 378 g/mol. The maximum absolute atomic E-state index is 13.0. The zero-order valence-electron chi connectivity index (χ0n) is 15.2. The quantitative estimate of drug-likeness (QED) is 0.652. The maximum atomic E-state index is 13.0. The van der Waals surface area contributed by atoms with E-state index in [1.807, 2.05) is 6.92 Å². The molecule has 142 valence electrons. The topological polar surface area (TPSA) is 67.4 Å². The first-order valence-corrected chi connectivity index (χ1v) is 8.76. The van der Waals surface area contributed by atoms with Gasteiger partial charge in [-0.25, -0.2) is 4.39 Å². The highest BCUT2D eigenvalue weighted by Gasteiger charge is 2.10. The van der Waals surface area contributed by atoms with Crippen molar-refractivity contribution < 1.29 is 18.7 Å². The second kappa shape index (κ2) is 8.81. The fraction of sp³-hybridized carbons (Fsp3) is 0.0909. The van der Waals surface area contributed by atoms with Crippen molar-refractivity contribution in [2.24, 2.45) is 0 Å². The minimum absolute atomic E-state index is 0.308. The van der Waals surface area contributed by atoms with E-state index in [1.165, 1.54) is 24.3 Å². The molecular formula is C22H19FN2O3. The molecule has 5 nitrogen and oxygen atoms in total. The zero-order valence-corrected chi connectivity index (χ0v) is 15.2. The van der Waals surface area contributed by atoms with E-state index in [-0.39, 0.29) is 17.6 Å². The van der Waals surface area contributed by atoms with Gasteiger partial charge < -0.3 is 15.4 Å². The molecule has 0 heterocycles. The van der Waals surface area contributed by atoms with Gasteiger partial charge >= 0.3 is 0 Å². The van der Waals surface area contributed by atoms with Gasteiger partial charge in [0.05, 0.1) is 6.61 Å². The van der Waals surface area contributed by atoms with Crippen molar-refractivity contribution in [2.75, 3.05) is 17.2 Å². The molecule has 3 aromatic carbocycles. The second-order valence-electron chi connectivity index (χ2n) is 5.96. The molecule has 0 spiro atoms. The number of nitrogens with one attached hydrogen (secondary N) is 2. The van der Waals surface area contributed by atoms with Crippen LogP contribution in [-0.4, -0.2) is 18.4 Å². The standard InChI is InChI=1S/C22H19FN2O3/c1-2-28-20-8-4-6-16(14-20)22(27)25-19-7-3-5-15(13-19)21(26)24-18-11-9-17(23)10-12-18/h3-14H,2H2,1H3,(H,24,26)(H,25,27). The van der Waals surface area contributed by atoms with Crippen molar-refractivity contribution in [3.8, 4) is 5.75 Å². The summed E-state index contributed by atoms with van der Waals surface area (Å²) in [6.07, 6.45) is 0. The molecule has 0 aromatic heterocycles. The first-order valence-electron chi connectivity index (χ1n) is 8.76. The molecule has 0 fully saturated rings. The third-order valence-corrected chi connectivity index (χ3v) is 3.89. The summed E-state index contributed by atoms with van der Waals surface area (Å²) >= 11 is 0. The Morgan fingerprint density at radius 2 is 1.43 bits per heavy atom. The highest BCUT2D eigenvalue weighted by molar-refractivity contribution is 6.07. The third kappa shape index (κ3) is 4.94. The van der Waals surface area contributed by atoms with Gasteiger partial charge in [0.15, 0.2) is 0 Å². The van der Waals surface area contributed by atoms with E-state index in [0.29, 0.717) is 34.9 Å². The van der Waals surface area contributed by atoms with Crippen molar-refractivity contribution in [3.63, 3.8) is 0 Å². The Balaban J connectivity index is 1.70. The van der Waals surface area contributed by atoms with Crippen LogP contribution in [0.2, 0.25) is 0 Å². The number of carbonyl (C=O) groups excluding carboxylic acids is 2. The number of carbonyl (C=O) groups is 2. The van der Waals surface area contributed by atoms with Gasteiger partial charge in [0.2, 0.25) is 0 Å². The molecule has 0 atom stereocenters. The van der Waals surface area contributed by atoms with Crippen LogP contribution in [0, 0.1) is 5.82 Å². The van der Waals surface area contributed by atoms with Crippen LogP contribution in [0.15, 0.2) is 72.8 Å². The Bertz CT molecular complexity index is 987. The van der Waals surface area contributed by atoms with Gasteiger partial charge in [-0.2, -0.15) is 0 Å². The summed E-state index contributed by atoms with van der Waals surface area (Å²) in [6, 6.07) is 18.9. The first-order chi connectivity index (χ1) is 13.5. The monoisotopic (exact) mass is 378 g/mol. The fourth-order valence-corrected chi connectivity index (χ4v) is 2.57. The van der Waals surface area contributed by atoms with Crippen LogP contribution >= 0.6 is 0 Å². The van der Waals surface area contributed by atoms with E-state index in [4.69, 9.17) is 4.74 Å². The van der Waals surface area contributed by atoms with E-state index >= 15 is 0 Å². The Labute approximate surface area is 162 Å². The maximum Gasteiger partial charge on any atom is 0.255 e. The van der Waals surface area contributed by atoms with Crippen LogP contribution in [0.3, 0.4) is 0 Å². The molecule has 0 aliphatic carbocycles. The molecule has 0 aliphatic heterocycles. The fourth-order valence-electron chi connectivity index (χ4n) is 2.57. The normalized spacial score (nSPS) is 10.2. The molecule has 6 heteroatoms. The molecule has 3 rings (SSSR count). The lowest BCUT2D eigenvalue weighted by Gasteiger charge is -2.09. The number of halogens is 1. The Morgan fingerprint density at radius 3 is 2.11 bits per heavy atom. The van der Waals surface area contributed by atoms with Crippen LogP contribution in [0.4, 0.5) is 15.8 Å². The summed E-state index contributed by atoms with van der Waals surface area (Å²) in [5.41, 5.74) is 1.78. The van der Waals surface area contributed by atoms with Crippen LogP contribution in [0.25, 0.3) is 0 Å². The van der Waals surface area contributed by atoms with Crippen molar-refractivity contribution in [1.82, 2.24) is 0 Å². The van der Waals surface area contributed by atoms with Crippen molar-refractivity contribution in [1.29, 1.82) is 0 Å². The average Bonchev–Trinajstić information content (AvgIpc) is 2.70. The molecule has 0 unspecified atom stereocenters. The molecule has 0 saturated carbocycles. The van der Waals surface area contributed by atoms with E-state index in [2.05, 4.69) is 10.6 Å². The number of benzene rings is 3. The number of hydrogen-bond donors (Lipinski definition) is 2. The predicted octanol–water partition coefficient (Wildman–Crippen LogP) is 4.73. The Morgan fingerprint density at radius 1 is 0.821 bits per heavy atom. The summed E-state index contributed by atoms with van der Waals surface area (Å²) < 4.78 is 18.4. The van der Waals surface area contributed by atoms with Gasteiger partial charge in [-0.1, -0.05) is 12.1 Å². The van der Waals surface area contributed by atoms with Crippen molar-refractivity contribution in [2.45, 2.75) is 6.92 Å². The summed E-state index contributed by atoms with van der Waals surface area (Å²) in [5, 5.41) is 5.45. The van der Waals surface area contributed by atoms with E-state index in [9.17, 15) is 14.0 Å². The molecule has 2 amide bonds. The van der Waals surface area contributed by atoms with Crippen molar-refractivity contribution in [3.05, 3.63) is 89.7 Å². The second-order valence-corrected chi connectivity index (χ2v) is 5.96. The molecule has 0 aliphatic rings. The molecule has 2 N–H and O–H groups in total. The lowest BCUT2D eigenvalue weighted by Crippen LogP contribution is -2.14. The summed E-state index contributed by atoms with van der Waals surface area (Å²) in [6.45, 7) is 2.38. The number of hydrogen-bond acceptors (Lipinski definition) is 3. The van der Waals surface area contributed by atoms with Gasteiger partial charge in [-0.05, 0) is 67.6 Å². The smallest absolute Gasteiger partial charge is 0.255 e. The molecule has 3 aromatic rings. The van der Waals surface area contributed by atoms with Crippen LogP contribution in [0.5, 0.6) is 5.75 Å². The summed E-state index contributed by atoms with van der Waals surface area (Å²) in [5.74, 6) is -0.433. The lowest BCUT2D eigenvalue weighted by atomic mass is 10.1. The lowest BCUT2D eigenvalue weighted by molar-refractivity contribution is 0.101. The number of rotatable bonds is 6. The van der Waals surface area contributed by atoms with Gasteiger partial charge in [-0.15, -0.1) is 0 Å². The zero-order chi connectivity index (χ0) is 19.9. The molecular weight excluding hydrogens is 359 g/mol. The molecule has 0 bridgehead atoms. The third-order valence-electron chi connectivity index (χ3n) is 3.89. The largest absolute Gasteiger partial charge is 0.494 e. The number of ether oxygens (including phenoxy) is 1. The number of anilines is 2. The summed E-state index contributed by atoms with van der Waals surface area (Å²) in [4.78, 5) is 24.9. The van der Waals surface area contributed by atoms with Crippen molar-refractivity contribution >= 4 is 23.2 Å². The van der Waals surface area contributed by atoms with Gasteiger partial charge in [0.1, 0.15) is 11.6 Å². The Hall–Kier alpha value is -3.67. The van der Waals surface area contributed by atoms with E-state index < -0.39 is 0 Å². The minimum atomic E-state index is -0.379. The van der Waals surface area contributed by atoms with Gasteiger partial charge in [0.25, 0.3) is 11.8 Å². The highest BCUT2D eigenvalue weighted by Crippen LogP contribution is 2.17. The minimum Gasteiger partial charge on any atom is -0.494 e. The van der Waals surface area contributed by atoms with Gasteiger partial charge in [-0.3, -0.25) is 9.59 Å². The van der Waals surface area contributed by atoms with Crippen LogP contribution in [0.1, 0.15) is 27.6 Å².